The van der Waals surface area contributed by atoms with E-state index in [0.717, 1.165) is 19.3 Å². The van der Waals surface area contributed by atoms with E-state index in [1.54, 1.807) is 7.05 Å². The molecule has 1 amide bonds. The van der Waals surface area contributed by atoms with Gasteiger partial charge in [0, 0.05) is 13.6 Å². The van der Waals surface area contributed by atoms with Crippen LogP contribution in [0.5, 0.6) is 6.01 Å². The number of hydrogen-bond acceptors (Lipinski definition) is 7. The smallest absolute Gasteiger partial charge is 0.323 e. The maximum atomic E-state index is 11.5. The Morgan fingerprint density at radius 1 is 1.50 bits per heavy atom. The fourth-order valence-corrected chi connectivity index (χ4v) is 2.15. The Kier molecular flexibility index (Phi) is 4.54. The van der Waals surface area contributed by atoms with Gasteiger partial charge in [-0.05, 0) is 19.3 Å². The number of aromatic nitrogens is 3. The SMILES string of the molecule is CCCOc1nc(NC)nc(N2CCCC2C(N)=O)n1. The first kappa shape index (κ1) is 14.3. The zero-order chi connectivity index (χ0) is 14.5. The van der Waals surface area contributed by atoms with Gasteiger partial charge in [-0.1, -0.05) is 6.92 Å². The van der Waals surface area contributed by atoms with E-state index in [1.165, 1.54) is 0 Å². The van der Waals surface area contributed by atoms with E-state index in [9.17, 15) is 4.79 Å². The Labute approximate surface area is 117 Å². The standard InChI is InChI=1S/C12H20N6O2/c1-3-7-20-12-16-10(14-2)15-11(17-12)18-6-4-5-8(18)9(13)19/h8H,3-7H2,1-2H3,(H2,13,19)(H,14,15,16,17). The summed E-state index contributed by atoms with van der Waals surface area (Å²) in [4.78, 5) is 25.9. The van der Waals surface area contributed by atoms with Crippen LogP contribution in [-0.2, 0) is 4.79 Å². The van der Waals surface area contributed by atoms with Gasteiger partial charge in [0.2, 0.25) is 17.8 Å². The monoisotopic (exact) mass is 280 g/mol. The Balaban J connectivity index is 2.27. The van der Waals surface area contributed by atoms with Crippen LogP contribution in [0.15, 0.2) is 0 Å². The van der Waals surface area contributed by atoms with E-state index >= 15 is 0 Å². The Bertz CT molecular complexity index is 481. The van der Waals surface area contributed by atoms with Crippen LogP contribution in [0.3, 0.4) is 0 Å². The van der Waals surface area contributed by atoms with Crippen LogP contribution in [-0.4, -0.2) is 47.1 Å². The number of carbonyl (C=O) groups excluding carboxylic acids is 1. The predicted octanol–water partition coefficient (Wildman–Crippen LogP) is 0.156. The molecule has 1 aliphatic heterocycles. The van der Waals surface area contributed by atoms with Crippen molar-refractivity contribution in [2.45, 2.75) is 32.2 Å². The molecule has 2 rings (SSSR count). The summed E-state index contributed by atoms with van der Waals surface area (Å²) in [5.41, 5.74) is 5.42. The van der Waals surface area contributed by atoms with Crippen molar-refractivity contribution in [2.24, 2.45) is 5.73 Å². The van der Waals surface area contributed by atoms with Gasteiger partial charge >= 0.3 is 6.01 Å². The molecule has 1 unspecified atom stereocenters. The van der Waals surface area contributed by atoms with Gasteiger partial charge in [-0.2, -0.15) is 15.0 Å². The molecule has 1 atom stereocenters. The van der Waals surface area contributed by atoms with E-state index in [2.05, 4.69) is 20.3 Å². The Morgan fingerprint density at radius 2 is 2.30 bits per heavy atom. The highest BCUT2D eigenvalue weighted by molar-refractivity contribution is 5.83. The molecule has 1 saturated heterocycles. The second kappa shape index (κ2) is 6.36. The van der Waals surface area contributed by atoms with Gasteiger partial charge in [0.15, 0.2) is 0 Å². The highest BCUT2D eigenvalue weighted by Crippen LogP contribution is 2.24. The minimum Gasteiger partial charge on any atom is -0.463 e. The molecule has 20 heavy (non-hydrogen) atoms. The summed E-state index contributed by atoms with van der Waals surface area (Å²) < 4.78 is 5.45. The lowest BCUT2D eigenvalue weighted by molar-refractivity contribution is -0.119. The summed E-state index contributed by atoms with van der Waals surface area (Å²) in [6, 6.07) is -0.0996. The van der Waals surface area contributed by atoms with Crippen LogP contribution in [0.25, 0.3) is 0 Å². The van der Waals surface area contributed by atoms with Gasteiger partial charge in [0.05, 0.1) is 6.61 Å². The fraction of sp³-hybridized carbons (Fsp3) is 0.667. The minimum absolute atomic E-state index is 0.260. The van der Waals surface area contributed by atoms with E-state index < -0.39 is 0 Å². The van der Waals surface area contributed by atoms with Crippen molar-refractivity contribution in [1.82, 2.24) is 15.0 Å². The lowest BCUT2D eigenvalue weighted by Gasteiger charge is -2.22. The van der Waals surface area contributed by atoms with Crippen molar-refractivity contribution in [2.75, 3.05) is 30.4 Å². The molecule has 1 fully saturated rings. The lowest BCUT2D eigenvalue weighted by atomic mass is 10.2. The van der Waals surface area contributed by atoms with Crippen molar-refractivity contribution in [3.63, 3.8) is 0 Å². The maximum absolute atomic E-state index is 11.5. The van der Waals surface area contributed by atoms with Crippen molar-refractivity contribution >= 4 is 17.8 Å². The van der Waals surface area contributed by atoms with Gasteiger partial charge in [0.1, 0.15) is 6.04 Å². The van der Waals surface area contributed by atoms with Crippen LogP contribution in [0, 0.1) is 0 Å². The number of primary amides is 1. The topological polar surface area (TPSA) is 106 Å². The zero-order valence-corrected chi connectivity index (χ0v) is 11.8. The summed E-state index contributed by atoms with van der Waals surface area (Å²) in [5, 5.41) is 2.87. The maximum Gasteiger partial charge on any atom is 0.323 e. The number of nitrogens with one attached hydrogen (secondary N) is 1. The molecule has 0 saturated carbocycles. The Hall–Kier alpha value is -2.12. The van der Waals surface area contributed by atoms with Crippen molar-refractivity contribution in [3.05, 3.63) is 0 Å². The molecular formula is C12H20N6O2. The van der Waals surface area contributed by atoms with E-state index in [-0.39, 0.29) is 18.0 Å². The van der Waals surface area contributed by atoms with Crippen LogP contribution in [0.2, 0.25) is 0 Å². The molecule has 1 aromatic rings. The number of anilines is 2. The Morgan fingerprint density at radius 3 is 2.95 bits per heavy atom. The summed E-state index contributed by atoms with van der Waals surface area (Å²) >= 11 is 0. The number of rotatable bonds is 6. The minimum atomic E-state index is -0.360. The first-order valence-electron chi connectivity index (χ1n) is 6.78. The summed E-state index contributed by atoms with van der Waals surface area (Å²) in [6.45, 7) is 3.24. The number of nitrogens with zero attached hydrogens (tertiary/aromatic N) is 4. The summed E-state index contributed by atoms with van der Waals surface area (Å²) in [7, 11) is 1.72. The number of amides is 1. The molecule has 1 aromatic heterocycles. The van der Waals surface area contributed by atoms with Crippen LogP contribution >= 0.6 is 0 Å². The first-order chi connectivity index (χ1) is 9.65. The molecule has 0 aromatic carbocycles. The second-order valence-electron chi connectivity index (χ2n) is 4.59. The molecule has 110 valence electrons. The average Bonchev–Trinajstić information content (AvgIpc) is 2.94. The highest BCUT2D eigenvalue weighted by Gasteiger charge is 2.31. The third-order valence-corrected chi connectivity index (χ3v) is 3.10. The normalized spacial score (nSPS) is 18.1. The highest BCUT2D eigenvalue weighted by atomic mass is 16.5. The average molecular weight is 280 g/mol. The molecule has 1 aliphatic rings. The van der Waals surface area contributed by atoms with E-state index in [0.29, 0.717) is 25.0 Å². The van der Waals surface area contributed by atoms with Gasteiger partial charge in [0.25, 0.3) is 0 Å². The quantitative estimate of drug-likeness (QED) is 0.764. The van der Waals surface area contributed by atoms with Crippen LogP contribution in [0.4, 0.5) is 11.9 Å². The number of hydrogen-bond donors (Lipinski definition) is 2. The second-order valence-corrected chi connectivity index (χ2v) is 4.59. The molecule has 3 N–H and O–H groups in total. The molecule has 8 heteroatoms. The molecule has 0 aliphatic carbocycles. The number of nitrogens with two attached hydrogens (primary N) is 1. The third kappa shape index (κ3) is 3.06. The van der Waals surface area contributed by atoms with Gasteiger partial charge in [-0.3, -0.25) is 4.79 Å². The third-order valence-electron chi connectivity index (χ3n) is 3.10. The first-order valence-corrected chi connectivity index (χ1v) is 6.78. The van der Waals surface area contributed by atoms with Crippen LogP contribution < -0.4 is 20.7 Å². The summed E-state index contributed by atoms with van der Waals surface area (Å²) in [6.07, 6.45) is 2.48. The van der Waals surface area contributed by atoms with E-state index in [4.69, 9.17) is 10.5 Å². The molecule has 2 heterocycles. The molecule has 0 bridgehead atoms. The molecule has 0 radical (unpaired) electrons. The fourth-order valence-electron chi connectivity index (χ4n) is 2.15. The predicted molar refractivity (Wildman–Crippen MR) is 74.7 cm³/mol. The van der Waals surface area contributed by atoms with Crippen LogP contribution in [0.1, 0.15) is 26.2 Å². The summed E-state index contributed by atoms with van der Waals surface area (Å²) in [5.74, 6) is 0.484. The number of carbonyl (C=O) groups is 1. The van der Waals surface area contributed by atoms with Crippen molar-refractivity contribution < 1.29 is 9.53 Å². The number of ether oxygens (including phenoxy) is 1. The lowest BCUT2D eigenvalue weighted by Crippen LogP contribution is -2.41. The van der Waals surface area contributed by atoms with Crippen molar-refractivity contribution in [3.8, 4) is 6.01 Å². The molecule has 0 spiro atoms. The molecular weight excluding hydrogens is 260 g/mol. The zero-order valence-electron chi connectivity index (χ0n) is 11.8. The largest absolute Gasteiger partial charge is 0.463 e. The van der Waals surface area contributed by atoms with Gasteiger partial charge in [-0.15, -0.1) is 0 Å². The van der Waals surface area contributed by atoms with Gasteiger partial charge < -0.3 is 20.7 Å². The van der Waals surface area contributed by atoms with E-state index in [1.807, 2.05) is 11.8 Å². The van der Waals surface area contributed by atoms with Crippen molar-refractivity contribution in [1.29, 1.82) is 0 Å². The molecule has 8 nitrogen and oxygen atoms in total. The van der Waals surface area contributed by atoms with Gasteiger partial charge in [-0.25, -0.2) is 0 Å².